The lowest BCUT2D eigenvalue weighted by Gasteiger charge is -2.60. The Morgan fingerprint density at radius 1 is 0.846 bits per heavy atom. The van der Waals surface area contributed by atoms with E-state index in [0.717, 1.165) is 50.2 Å². The van der Waals surface area contributed by atoms with Gasteiger partial charge in [0.05, 0.1) is 13.2 Å². The van der Waals surface area contributed by atoms with Gasteiger partial charge in [-0.15, -0.1) is 0 Å². The highest BCUT2D eigenvalue weighted by molar-refractivity contribution is 5.79. The van der Waals surface area contributed by atoms with Crippen molar-refractivity contribution in [3.63, 3.8) is 0 Å². The molecule has 0 radical (unpaired) electrons. The van der Waals surface area contributed by atoms with Gasteiger partial charge < -0.3 is 9.47 Å². The Kier molecular flexibility index (Phi) is 3.94. The van der Waals surface area contributed by atoms with Crippen LogP contribution in [0.2, 0.25) is 0 Å². The van der Waals surface area contributed by atoms with Crippen LogP contribution in [-0.2, 0) is 14.3 Å². The Bertz CT molecular complexity index is 594. The summed E-state index contributed by atoms with van der Waals surface area (Å²) in [5.41, 5.74) is 0.786. The summed E-state index contributed by atoms with van der Waals surface area (Å²) in [5, 5.41) is 0. The van der Waals surface area contributed by atoms with Gasteiger partial charge in [0.25, 0.3) is 0 Å². The van der Waals surface area contributed by atoms with Crippen LogP contribution in [0.15, 0.2) is 0 Å². The van der Waals surface area contributed by atoms with Crippen LogP contribution in [0, 0.1) is 40.4 Å². The number of carbonyl (C=O) groups excluding carboxylic acids is 1. The van der Waals surface area contributed by atoms with E-state index in [-0.39, 0.29) is 5.79 Å². The summed E-state index contributed by atoms with van der Waals surface area (Å²) in [5.74, 6) is 3.90. The molecule has 1 heterocycles. The van der Waals surface area contributed by atoms with Crippen molar-refractivity contribution in [2.45, 2.75) is 84.3 Å². The van der Waals surface area contributed by atoms with Gasteiger partial charge in [-0.1, -0.05) is 13.8 Å². The van der Waals surface area contributed by atoms with Gasteiger partial charge in [-0.05, 0) is 86.4 Å². The average Bonchev–Trinajstić information content (AvgIpc) is 3.19. The highest BCUT2D eigenvalue weighted by Crippen LogP contribution is 2.68. The fourth-order valence-electron chi connectivity index (χ4n) is 8.64. The molecule has 4 aliphatic carbocycles. The molecule has 4 saturated carbocycles. The number of Topliss-reactive ketones (excluding diaryl/α,β-unsaturated/α-hetero) is 1. The molecule has 0 N–H and O–H groups in total. The molecule has 0 bridgehead atoms. The highest BCUT2D eigenvalue weighted by atomic mass is 16.7. The first-order valence-electron chi connectivity index (χ1n) is 11.2. The molecule has 0 amide bonds. The van der Waals surface area contributed by atoms with Gasteiger partial charge in [-0.25, -0.2) is 0 Å². The van der Waals surface area contributed by atoms with E-state index in [1.807, 2.05) is 0 Å². The largest absolute Gasteiger partial charge is 0.348 e. The Morgan fingerprint density at radius 3 is 2.35 bits per heavy atom. The molecule has 26 heavy (non-hydrogen) atoms. The quantitative estimate of drug-likeness (QED) is 0.662. The number of ketones is 1. The minimum absolute atomic E-state index is 0.352. The molecule has 0 spiro atoms. The summed E-state index contributed by atoms with van der Waals surface area (Å²) in [6.07, 6.45) is 10.8. The van der Waals surface area contributed by atoms with Gasteiger partial charge in [-0.2, -0.15) is 0 Å². The zero-order valence-electron chi connectivity index (χ0n) is 16.9. The van der Waals surface area contributed by atoms with Crippen LogP contribution in [-0.4, -0.2) is 24.8 Å². The van der Waals surface area contributed by atoms with E-state index >= 15 is 0 Å². The van der Waals surface area contributed by atoms with Crippen molar-refractivity contribution in [3.05, 3.63) is 0 Å². The van der Waals surface area contributed by atoms with Gasteiger partial charge in [0, 0.05) is 18.8 Å². The highest BCUT2D eigenvalue weighted by Gasteiger charge is 2.63. The fraction of sp³-hybridized carbons (Fsp3) is 0.957. The standard InChI is InChI=1S/C23H36O3/c1-21-10-8-16(24)14-15(21)4-5-17-18-6-7-20(23(3)25-12-13-26-23)22(18,2)11-9-19(17)21/h15,17-20H,4-14H2,1-3H3/t15-,17-,18-,19-,20-,21-,22-/m0/s1. The van der Waals surface area contributed by atoms with Crippen LogP contribution in [0.4, 0.5) is 0 Å². The van der Waals surface area contributed by atoms with Crippen LogP contribution in [0.1, 0.15) is 78.6 Å². The fourth-order valence-corrected chi connectivity index (χ4v) is 8.64. The molecule has 0 aromatic carbocycles. The SMILES string of the molecule is CC1([C@H]2CC[C@H]3[C@@H]4CC[C@H]5CC(=O)CC[C@]5(C)[C@H]4CC[C@]23C)OCCO1. The molecule has 5 rings (SSSR count). The van der Waals surface area contributed by atoms with Gasteiger partial charge in [0.15, 0.2) is 5.79 Å². The molecule has 0 aromatic heterocycles. The maximum absolute atomic E-state index is 12.1. The molecule has 5 aliphatic rings. The molecule has 146 valence electrons. The van der Waals surface area contributed by atoms with Crippen molar-refractivity contribution >= 4 is 5.78 Å². The third kappa shape index (κ3) is 2.28. The lowest BCUT2D eigenvalue weighted by molar-refractivity contribution is -0.217. The van der Waals surface area contributed by atoms with E-state index in [9.17, 15) is 4.79 Å². The molecular weight excluding hydrogens is 324 g/mol. The second kappa shape index (κ2) is 5.80. The maximum atomic E-state index is 12.1. The monoisotopic (exact) mass is 360 g/mol. The second-order valence-electron chi connectivity index (χ2n) is 10.8. The van der Waals surface area contributed by atoms with E-state index in [4.69, 9.17) is 9.47 Å². The van der Waals surface area contributed by atoms with Gasteiger partial charge in [-0.3, -0.25) is 4.79 Å². The lowest BCUT2D eigenvalue weighted by atomic mass is 9.44. The molecule has 0 aromatic rings. The van der Waals surface area contributed by atoms with Crippen molar-refractivity contribution in [1.82, 2.24) is 0 Å². The number of fused-ring (bicyclic) bond motifs is 5. The Morgan fingerprint density at radius 2 is 1.58 bits per heavy atom. The summed E-state index contributed by atoms with van der Waals surface area (Å²) in [6, 6.07) is 0. The van der Waals surface area contributed by atoms with Gasteiger partial charge in [0.2, 0.25) is 0 Å². The minimum atomic E-state index is -0.352. The molecule has 3 heteroatoms. The zero-order valence-corrected chi connectivity index (χ0v) is 16.9. The van der Waals surface area contributed by atoms with E-state index in [1.54, 1.807) is 0 Å². The third-order valence-electron chi connectivity index (χ3n) is 9.98. The third-order valence-corrected chi connectivity index (χ3v) is 9.98. The van der Waals surface area contributed by atoms with Gasteiger partial charge in [0.1, 0.15) is 5.78 Å². The first kappa shape index (κ1) is 17.7. The Labute approximate surface area is 158 Å². The summed E-state index contributed by atoms with van der Waals surface area (Å²) < 4.78 is 12.3. The van der Waals surface area contributed by atoms with Crippen molar-refractivity contribution in [2.24, 2.45) is 40.4 Å². The summed E-state index contributed by atoms with van der Waals surface area (Å²) in [6.45, 7) is 8.82. The Hall–Kier alpha value is -0.410. The van der Waals surface area contributed by atoms with Crippen molar-refractivity contribution in [2.75, 3.05) is 13.2 Å². The molecular formula is C23H36O3. The first-order chi connectivity index (χ1) is 12.4. The van der Waals surface area contributed by atoms with Crippen molar-refractivity contribution < 1.29 is 14.3 Å². The summed E-state index contributed by atoms with van der Waals surface area (Å²) >= 11 is 0. The van der Waals surface area contributed by atoms with E-state index < -0.39 is 0 Å². The predicted molar refractivity (Wildman–Crippen MR) is 101 cm³/mol. The molecule has 1 aliphatic heterocycles. The molecule has 1 saturated heterocycles. The van der Waals surface area contributed by atoms with Crippen molar-refractivity contribution in [3.8, 4) is 0 Å². The number of ether oxygens (including phenoxy) is 2. The second-order valence-corrected chi connectivity index (χ2v) is 10.8. The number of carbonyl (C=O) groups is 1. The number of hydrogen-bond acceptors (Lipinski definition) is 3. The maximum Gasteiger partial charge on any atom is 0.169 e. The summed E-state index contributed by atoms with van der Waals surface area (Å²) in [4.78, 5) is 12.1. The van der Waals surface area contributed by atoms with E-state index in [0.29, 0.717) is 28.4 Å². The smallest absolute Gasteiger partial charge is 0.169 e. The lowest BCUT2D eigenvalue weighted by Crippen LogP contribution is -2.55. The van der Waals surface area contributed by atoms with Crippen molar-refractivity contribution in [1.29, 1.82) is 0 Å². The van der Waals surface area contributed by atoms with Crippen LogP contribution in [0.3, 0.4) is 0 Å². The molecule has 0 unspecified atom stereocenters. The van der Waals surface area contributed by atoms with Crippen LogP contribution < -0.4 is 0 Å². The number of rotatable bonds is 1. The van der Waals surface area contributed by atoms with E-state index in [1.165, 1.54) is 38.5 Å². The van der Waals surface area contributed by atoms with Crippen LogP contribution >= 0.6 is 0 Å². The minimum Gasteiger partial charge on any atom is -0.348 e. The molecule has 7 atom stereocenters. The van der Waals surface area contributed by atoms with E-state index in [2.05, 4.69) is 20.8 Å². The van der Waals surface area contributed by atoms with Crippen LogP contribution in [0.25, 0.3) is 0 Å². The average molecular weight is 361 g/mol. The normalized spacial score (nSPS) is 53.0. The topological polar surface area (TPSA) is 35.5 Å². The summed E-state index contributed by atoms with van der Waals surface area (Å²) in [7, 11) is 0. The zero-order chi connectivity index (χ0) is 18.2. The van der Waals surface area contributed by atoms with Gasteiger partial charge >= 0.3 is 0 Å². The molecule has 5 fully saturated rings. The van der Waals surface area contributed by atoms with Crippen LogP contribution in [0.5, 0.6) is 0 Å². The molecule has 3 nitrogen and oxygen atoms in total. The number of hydrogen-bond donors (Lipinski definition) is 0. The predicted octanol–water partition coefficient (Wildman–Crippen LogP) is 4.98. The first-order valence-corrected chi connectivity index (χ1v) is 11.2. The Balaban J connectivity index is 1.42.